The molecule has 0 unspecified atom stereocenters. The minimum absolute atomic E-state index is 0.475. The Bertz CT molecular complexity index is 382. The van der Waals surface area contributed by atoms with Crippen molar-refractivity contribution in [1.29, 1.82) is 5.26 Å². The molecule has 0 aliphatic rings. The first kappa shape index (κ1) is 13.1. The van der Waals surface area contributed by atoms with Crippen LogP contribution >= 0.6 is 11.8 Å². The normalized spacial score (nSPS) is 12.1. The fourth-order valence-corrected chi connectivity index (χ4v) is 2.67. The number of unbranched alkanes of at least 4 members (excludes halogenated alkanes) is 1. The van der Waals surface area contributed by atoms with Crippen LogP contribution in [0.5, 0.6) is 0 Å². The van der Waals surface area contributed by atoms with Crippen LogP contribution in [0.15, 0.2) is 23.1 Å². The molecule has 0 heterocycles. The average Bonchev–Trinajstić information content (AvgIpc) is 2.29. The van der Waals surface area contributed by atoms with Crippen LogP contribution < -0.4 is 0 Å². The summed E-state index contributed by atoms with van der Waals surface area (Å²) in [6.07, 6.45) is 1.84. The van der Waals surface area contributed by atoms with E-state index in [-0.39, 0.29) is 0 Å². The van der Waals surface area contributed by atoms with Crippen molar-refractivity contribution >= 4 is 11.8 Å². The van der Waals surface area contributed by atoms with Gasteiger partial charge in [-0.05, 0) is 36.8 Å². The second-order valence-corrected chi connectivity index (χ2v) is 4.88. The molecule has 1 aromatic carbocycles. The predicted molar refractivity (Wildman–Crippen MR) is 67.4 cm³/mol. The van der Waals surface area contributed by atoms with Crippen LogP contribution in [-0.4, -0.2) is 10.9 Å². The Hall–Kier alpha value is -0.980. The van der Waals surface area contributed by atoms with Gasteiger partial charge in [-0.1, -0.05) is 19.4 Å². The molecule has 0 saturated heterocycles. The first-order valence-corrected chi connectivity index (χ1v) is 6.52. The lowest BCUT2D eigenvalue weighted by molar-refractivity contribution is 0.196. The lowest BCUT2D eigenvalue weighted by atomic mass is 10.1. The highest BCUT2D eigenvalue weighted by Gasteiger charge is 2.09. The SMILES string of the molecule is CCCCSc1cc(C#N)ccc1[C@H](C)O. The third-order valence-corrected chi connectivity index (χ3v) is 3.51. The monoisotopic (exact) mass is 235 g/mol. The Morgan fingerprint density at radius 3 is 2.81 bits per heavy atom. The number of nitrogens with zero attached hydrogens (tertiary/aromatic N) is 1. The number of rotatable bonds is 5. The summed E-state index contributed by atoms with van der Waals surface area (Å²) in [7, 11) is 0. The maximum atomic E-state index is 9.63. The first-order chi connectivity index (χ1) is 7.69. The van der Waals surface area contributed by atoms with E-state index in [9.17, 15) is 5.11 Å². The zero-order valence-electron chi connectivity index (χ0n) is 9.73. The van der Waals surface area contributed by atoms with Crippen LogP contribution in [0.3, 0.4) is 0 Å². The Morgan fingerprint density at radius 2 is 2.25 bits per heavy atom. The lowest BCUT2D eigenvalue weighted by Crippen LogP contribution is -1.95. The molecule has 0 aliphatic carbocycles. The number of nitriles is 1. The van der Waals surface area contributed by atoms with E-state index in [1.807, 2.05) is 12.1 Å². The summed E-state index contributed by atoms with van der Waals surface area (Å²) in [6, 6.07) is 7.59. The molecule has 1 rings (SSSR count). The molecule has 2 nitrogen and oxygen atoms in total. The van der Waals surface area contributed by atoms with E-state index in [2.05, 4.69) is 13.0 Å². The maximum absolute atomic E-state index is 9.63. The van der Waals surface area contributed by atoms with Crippen molar-refractivity contribution in [1.82, 2.24) is 0 Å². The van der Waals surface area contributed by atoms with Gasteiger partial charge in [0.15, 0.2) is 0 Å². The highest BCUT2D eigenvalue weighted by molar-refractivity contribution is 7.99. The van der Waals surface area contributed by atoms with Crippen molar-refractivity contribution in [3.8, 4) is 6.07 Å². The molecule has 0 spiro atoms. The summed E-state index contributed by atoms with van der Waals surface area (Å²) in [6.45, 7) is 3.91. The molecular weight excluding hydrogens is 218 g/mol. The molecule has 0 aliphatic heterocycles. The molecule has 86 valence electrons. The zero-order valence-corrected chi connectivity index (χ0v) is 10.5. The molecule has 0 aromatic heterocycles. The Balaban J connectivity index is 2.88. The Labute approximate surface area is 101 Å². The van der Waals surface area contributed by atoms with Crippen LogP contribution in [0.25, 0.3) is 0 Å². The number of aliphatic hydroxyl groups excluding tert-OH is 1. The second-order valence-electron chi connectivity index (χ2n) is 3.74. The van der Waals surface area contributed by atoms with Gasteiger partial charge in [0.05, 0.1) is 17.7 Å². The van der Waals surface area contributed by atoms with E-state index in [1.165, 1.54) is 0 Å². The third kappa shape index (κ3) is 3.55. The number of aliphatic hydroxyl groups is 1. The number of benzene rings is 1. The van der Waals surface area contributed by atoms with Gasteiger partial charge in [0.25, 0.3) is 0 Å². The topological polar surface area (TPSA) is 44.0 Å². The summed E-state index contributed by atoms with van der Waals surface area (Å²) >= 11 is 1.72. The summed E-state index contributed by atoms with van der Waals surface area (Å²) in [5, 5.41) is 18.5. The van der Waals surface area contributed by atoms with Gasteiger partial charge in [-0.15, -0.1) is 11.8 Å². The quantitative estimate of drug-likeness (QED) is 0.627. The van der Waals surface area contributed by atoms with E-state index in [1.54, 1.807) is 24.8 Å². The Kier molecular flexibility index (Phi) is 5.37. The van der Waals surface area contributed by atoms with Gasteiger partial charge in [0, 0.05) is 4.90 Å². The Morgan fingerprint density at radius 1 is 1.50 bits per heavy atom. The molecule has 1 aromatic rings. The van der Waals surface area contributed by atoms with Gasteiger partial charge in [-0.25, -0.2) is 0 Å². The molecule has 0 fully saturated rings. The number of thioether (sulfide) groups is 1. The highest BCUT2D eigenvalue weighted by Crippen LogP contribution is 2.29. The van der Waals surface area contributed by atoms with Crippen molar-refractivity contribution in [3.05, 3.63) is 29.3 Å². The van der Waals surface area contributed by atoms with E-state index in [0.717, 1.165) is 29.1 Å². The zero-order chi connectivity index (χ0) is 12.0. The van der Waals surface area contributed by atoms with Crippen molar-refractivity contribution in [3.63, 3.8) is 0 Å². The molecule has 0 radical (unpaired) electrons. The van der Waals surface area contributed by atoms with Crippen molar-refractivity contribution in [2.24, 2.45) is 0 Å². The average molecular weight is 235 g/mol. The molecule has 1 N–H and O–H groups in total. The fraction of sp³-hybridized carbons (Fsp3) is 0.462. The minimum Gasteiger partial charge on any atom is -0.389 e. The van der Waals surface area contributed by atoms with Crippen LogP contribution in [0, 0.1) is 11.3 Å². The molecule has 3 heteroatoms. The first-order valence-electron chi connectivity index (χ1n) is 5.54. The summed E-state index contributed by atoms with van der Waals surface area (Å²) < 4.78 is 0. The molecule has 0 bridgehead atoms. The smallest absolute Gasteiger partial charge is 0.0992 e. The third-order valence-electron chi connectivity index (χ3n) is 2.35. The van der Waals surface area contributed by atoms with E-state index in [4.69, 9.17) is 5.26 Å². The standard InChI is InChI=1S/C13H17NOS/c1-3-4-7-16-13-8-11(9-14)5-6-12(13)10(2)15/h5-6,8,10,15H,3-4,7H2,1-2H3/t10-/m0/s1. The van der Waals surface area contributed by atoms with Crippen molar-refractivity contribution in [2.45, 2.75) is 37.7 Å². The van der Waals surface area contributed by atoms with Gasteiger partial charge in [-0.3, -0.25) is 0 Å². The van der Waals surface area contributed by atoms with Gasteiger partial charge >= 0.3 is 0 Å². The van der Waals surface area contributed by atoms with Gasteiger partial charge in [0.2, 0.25) is 0 Å². The fourth-order valence-electron chi connectivity index (χ4n) is 1.40. The molecule has 0 saturated carbocycles. The van der Waals surface area contributed by atoms with Crippen LogP contribution in [0.2, 0.25) is 0 Å². The maximum Gasteiger partial charge on any atom is 0.0992 e. The van der Waals surface area contributed by atoms with Crippen molar-refractivity contribution in [2.75, 3.05) is 5.75 Å². The minimum atomic E-state index is -0.475. The van der Waals surface area contributed by atoms with Crippen molar-refractivity contribution < 1.29 is 5.11 Å². The van der Waals surface area contributed by atoms with Crippen LogP contribution in [-0.2, 0) is 0 Å². The molecule has 0 amide bonds. The summed E-state index contributed by atoms with van der Waals surface area (Å²) in [5.74, 6) is 1.03. The van der Waals surface area contributed by atoms with Gasteiger partial charge < -0.3 is 5.11 Å². The number of hydrogen-bond donors (Lipinski definition) is 1. The lowest BCUT2D eigenvalue weighted by Gasteiger charge is -2.11. The van der Waals surface area contributed by atoms with E-state index < -0.39 is 6.10 Å². The van der Waals surface area contributed by atoms with Crippen LogP contribution in [0.4, 0.5) is 0 Å². The van der Waals surface area contributed by atoms with Gasteiger partial charge in [0.1, 0.15) is 0 Å². The van der Waals surface area contributed by atoms with E-state index in [0.29, 0.717) is 5.56 Å². The predicted octanol–water partition coefficient (Wildman–Crippen LogP) is 3.50. The highest BCUT2D eigenvalue weighted by atomic mass is 32.2. The van der Waals surface area contributed by atoms with Gasteiger partial charge in [-0.2, -0.15) is 5.26 Å². The summed E-state index contributed by atoms with van der Waals surface area (Å²) in [5.41, 5.74) is 1.57. The molecule has 1 atom stereocenters. The molecular formula is C13H17NOS. The summed E-state index contributed by atoms with van der Waals surface area (Å²) in [4.78, 5) is 1.03. The number of hydrogen-bond acceptors (Lipinski definition) is 3. The second kappa shape index (κ2) is 6.57. The van der Waals surface area contributed by atoms with E-state index >= 15 is 0 Å². The largest absolute Gasteiger partial charge is 0.389 e. The van der Waals surface area contributed by atoms with Crippen LogP contribution in [0.1, 0.15) is 43.9 Å². The molecule has 16 heavy (non-hydrogen) atoms.